The van der Waals surface area contributed by atoms with Gasteiger partial charge in [-0.3, -0.25) is 0 Å². The number of hydrogen-bond donors (Lipinski definition) is 2. The lowest BCUT2D eigenvalue weighted by atomic mass is 10.2. The molecule has 2 rings (SSSR count). The molecule has 0 aliphatic rings. The molecular formula is C15H18Cl2N4. The molecule has 0 atom stereocenters. The Kier molecular flexibility index (Phi) is 5.26. The zero-order chi connectivity index (χ0) is 15.4. The number of hydrogen-bond acceptors (Lipinski definition) is 4. The van der Waals surface area contributed by atoms with Crippen molar-refractivity contribution in [3.05, 3.63) is 40.1 Å². The van der Waals surface area contributed by atoms with E-state index in [0.29, 0.717) is 21.6 Å². The van der Waals surface area contributed by atoms with Gasteiger partial charge in [0.2, 0.25) is 0 Å². The summed E-state index contributed by atoms with van der Waals surface area (Å²) in [6.45, 7) is 6.92. The highest BCUT2D eigenvalue weighted by Crippen LogP contribution is 2.32. The van der Waals surface area contributed by atoms with Crippen molar-refractivity contribution >= 4 is 40.5 Å². The molecule has 2 N–H and O–H groups in total. The van der Waals surface area contributed by atoms with Gasteiger partial charge in [0, 0.05) is 18.5 Å². The van der Waals surface area contributed by atoms with Crippen LogP contribution in [0.3, 0.4) is 0 Å². The van der Waals surface area contributed by atoms with Crippen molar-refractivity contribution in [2.45, 2.75) is 26.7 Å². The molecule has 0 unspecified atom stereocenters. The molecule has 1 aromatic heterocycles. The lowest BCUT2D eigenvalue weighted by molar-refractivity contribution is 0.777. The van der Waals surface area contributed by atoms with Crippen LogP contribution in [-0.2, 0) is 0 Å². The Morgan fingerprint density at radius 1 is 1.10 bits per heavy atom. The van der Waals surface area contributed by atoms with Gasteiger partial charge in [0.25, 0.3) is 0 Å². The molecule has 0 spiro atoms. The van der Waals surface area contributed by atoms with Crippen molar-refractivity contribution in [2.75, 3.05) is 17.2 Å². The molecule has 0 aliphatic heterocycles. The van der Waals surface area contributed by atoms with Gasteiger partial charge in [-0.2, -0.15) is 0 Å². The minimum Gasteiger partial charge on any atom is -0.370 e. The van der Waals surface area contributed by atoms with Crippen molar-refractivity contribution in [3.8, 4) is 0 Å². The van der Waals surface area contributed by atoms with Crippen LogP contribution in [0.1, 0.15) is 32.5 Å². The minimum absolute atomic E-state index is 0.228. The highest BCUT2D eigenvalue weighted by atomic mass is 35.5. The zero-order valence-electron chi connectivity index (χ0n) is 12.2. The SMILES string of the molecule is CCNc1cc(Nc2c(Cl)cccc2Cl)nc(C(C)C)n1. The van der Waals surface area contributed by atoms with Gasteiger partial charge in [-0.15, -0.1) is 0 Å². The zero-order valence-corrected chi connectivity index (χ0v) is 13.8. The Labute approximate surface area is 134 Å². The van der Waals surface area contributed by atoms with Crippen LogP contribution < -0.4 is 10.6 Å². The van der Waals surface area contributed by atoms with E-state index in [9.17, 15) is 0 Å². The van der Waals surface area contributed by atoms with Crippen molar-refractivity contribution in [3.63, 3.8) is 0 Å². The normalized spacial score (nSPS) is 10.8. The summed E-state index contributed by atoms with van der Waals surface area (Å²) in [6, 6.07) is 7.21. The first-order valence-corrected chi connectivity index (χ1v) is 7.60. The summed E-state index contributed by atoms with van der Waals surface area (Å²) in [6.07, 6.45) is 0. The molecule has 0 radical (unpaired) electrons. The van der Waals surface area contributed by atoms with Gasteiger partial charge < -0.3 is 10.6 Å². The van der Waals surface area contributed by atoms with Crippen LogP contribution in [0.25, 0.3) is 0 Å². The number of halogens is 2. The van der Waals surface area contributed by atoms with Crippen LogP contribution in [0, 0.1) is 0 Å². The highest BCUT2D eigenvalue weighted by Gasteiger charge is 2.11. The maximum absolute atomic E-state index is 6.18. The number of benzene rings is 1. The summed E-state index contributed by atoms with van der Waals surface area (Å²) in [4.78, 5) is 8.99. The number of rotatable bonds is 5. The van der Waals surface area contributed by atoms with E-state index in [-0.39, 0.29) is 5.92 Å². The Morgan fingerprint density at radius 2 is 1.71 bits per heavy atom. The predicted molar refractivity (Wildman–Crippen MR) is 90.0 cm³/mol. The van der Waals surface area contributed by atoms with Gasteiger partial charge in [0.15, 0.2) is 0 Å². The Balaban J connectivity index is 2.39. The molecule has 21 heavy (non-hydrogen) atoms. The summed E-state index contributed by atoms with van der Waals surface area (Å²) >= 11 is 12.4. The predicted octanol–water partition coefficient (Wildman–Crippen LogP) is 5.08. The average Bonchev–Trinajstić information content (AvgIpc) is 2.43. The first-order chi connectivity index (χ1) is 10.0. The smallest absolute Gasteiger partial charge is 0.136 e. The van der Waals surface area contributed by atoms with Gasteiger partial charge in [-0.05, 0) is 19.1 Å². The molecule has 6 heteroatoms. The lowest BCUT2D eigenvalue weighted by Gasteiger charge is -2.13. The van der Waals surface area contributed by atoms with Crippen LogP contribution in [-0.4, -0.2) is 16.5 Å². The fourth-order valence-electron chi connectivity index (χ4n) is 1.81. The summed E-state index contributed by atoms with van der Waals surface area (Å²) < 4.78 is 0. The Hall–Kier alpha value is -1.52. The Bertz CT molecular complexity index is 609. The third-order valence-electron chi connectivity index (χ3n) is 2.83. The summed E-state index contributed by atoms with van der Waals surface area (Å²) in [5, 5.41) is 7.49. The van der Waals surface area contributed by atoms with E-state index in [2.05, 4.69) is 34.4 Å². The van der Waals surface area contributed by atoms with Gasteiger partial charge in [-0.25, -0.2) is 9.97 Å². The molecule has 0 saturated carbocycles. The van der Waals surface area contributed by atoms with Gasteiger partial charge in [0.05, 0.1) is 15.7 Å². The number of anilines is 3. The van der Waals surface area contributed by atoms with E-state index in [1.165, 1.54) is 0 Å². The van der Waals surface area contributed by atoms with E-state index >= 15 is 0 Å². The summed E-state index contributed by atoms with van der Waals surface area (Å²) in [5.74, 6) is 2.44. The molecule has 0 fully saturated rings. The Morgan fingerprint density at radius 3 is 2.29 bits per heavy atom. The van der Waals surface area contributed by atoms with E-state index in [1.54, 1.807) is 18.2 Å². The van der Waals surface area contributed by atoms with Crippen LogP contribution in [0.5, 0.6) is 0 Å². The molecule has 0 saturated heterocycles. The van der Waals surface area contributed by atoms with Gasteiger partial charge >= 0.3 is 0 Å². The van der Waals surface area contributed by atoms with E-state index in [1.807, 2.05) is 13.0 Å². The fraction of sp³-hybridized carbons (Fsp3) is 0.333. The van der Waals surface area contributed by atoms with E-state index in [4.69, 9.17) is 23.2 Å². The van der Waals surface area contributed by atoms with Gasteiger partial charge in [-0.1, -0.05) is 43.1 Å². The van der Waals surface area contributed by atoms with Crippen molar-refractivity contribution in [1.82, 2.24) is 9.97 Å². The topological polar surface area (TPSA) is 49.8 Å². The second kappa shape index (κ2) is 6.96. The molecule has 0 bridgehead atoms. The summed E-state index contributed by atoms with van der Waals surface area (Å²) in [5.41, 5.74) is 0.650. The van der Waals surface area contributed by atoms with E-state index < -0.39 is 0 Å². The van der Waals surface area contributed by atoms with Crippen LogP contribution in [0.4, 0.5) is 17.3 Å². The standard InChI is InChI=1S/C15H18Cl2N4/c1-4-18-12-8-13(21-15(20-12)9(2)3)19-14-10(16)6-5-7-11(14)17/h5-9H,4H2,1-3H3,(H2,18,19,20,21). The molecule has 4 nitrogen and oxygen atoms in total. The molecule has 1 aromatic carbocycles. The first-order valence-electron chi connectivity index (χ1n) is 6.85. The van der Waals surface area contributed by atoms with Crippen molar-refractivity contribution in [2.24, 2.45) is 0 Å². The quantitative estimate of drug-likeness (QED) is 0.804. The number of aromatic nitrogens is 2. The largest absolute Gasteiger partial charge is 0.370 e. The maximum atomic E-state index is 6.18. The third kappa shape index (κ3) is 3.99. The number of nitrogens with zero attached hydrogens (tertiary/aromatic N) is 2. The van der Waals surface area contributed by atoms with Crippen LogP contribution in [0.15, 0.2) is 24.3 Å². The van der Waals surface area contributed by atoms with Crippen LogP contribution >= 0.6 is 23.2 Å². The first kappa shape index (κ1) is 15.9. The van der Waals surface area contributed by atoms with Crippen LogP contribution in [0.2, 0.25) is 10.0 Å². The van der Waals surface area contributed by atoms with Crippen molar-refractivity contribution < 1.29 is 0 Å². The maximum Gasteiger partial charge on any atom is 0.136 e. The van der Waals surface area contributed by atoms with Gasteiger partial charge in [0.1, 0.15) is 17.5 Å². The monoisotopic (exact) mass is 324 g/mol. The third-order valence-corrected chi connectivity index (χ3v) is 3.46. The lowest BCUT2D eigenvalue weighted by Crippen LogP contribution is -2.07. The fourth-order valence-corrected chi connectivity index (χ4v) is 2.30. The number of nitrogens with one attached hydrogen (secondary N) is 2. The molecule has 0 amide bonds. The minimum atomic E-state index is 0.228. The molecule has 1 heterocycles. The highest BCUT2D eigenvalue weighted by molar-refractivity contribution is 6.39. The number of para-hydroxylation sites is 1. The summed E-state index contributed by atoms with van der Waals surface area (Å²) in [7, 11) is 0. The molecule has 112 valence electrons. The average molecular weight is 325 g/mol. The molecule has 0 aliphatic carbocycles. The second-order valence-electron chi connectivity index (χ2n) is 4.90. The second-order valence-corrected chi connectivity index (χ2v) is 5.72. The van der Waals surface area contributed by atoms with Crippen molar-refractivity contribution in [1.29, 1.82) is 0 Å². The van der Waals surface area contributed by atoms with E-state index in [0.717, 1.165) is 18.2 Å². The molecule has 2 aromatic rings. The molecular weight excluding hydrogens is 307 g/mol.